The lowest BCUT2D eigenvalue weighted by Gasteiger charge is -2.35. The van der Waals surface area contributed by atoms with Crippen molar-refractivity contribution in [2.45, 2.75) is 51.7 Å². The summed E-state index contributed by atoms with van der Waals surface area (Å²) < 4.78 is 0. The molecule has 0 heterocycles. The summed E-state index contributed by atoms with van der Waals surface area (Å²) in [6, 6.07) is 0. The number of rotatable bonds is 1. The van der Waals surface area contributed by atoms with Crippen LogP contribution in [0.15, 0.2) is 0 Å². The molecule has 0 saturated heterocycles. The second-order valence-corrected chi connectivity index (χ2v) is 7.54. The van der Waals surface area contributed by atoms with Crippen molar-refractivity contribution >= 4 is 0 Å². The van der Waals surface area contributed by atoms with Crippen molar-refractivity contribution in [3.63, 3.8) is 0 Å². The zero-order valence-corrected chi connectivity index (χ0v) is 11.6. The first-order valence-corrected chi connectivity index (χ1v) is 7.34. The monoisotopic (exact) mass is 254 g/mol. The van der Waals surface area contributed by atoms with Crippen LogP contribution in [0.4, 0.5) is 0 Å². The van der Waals surface area contributed by atoms with Crippen LogP contribution in [-0.4, -0.2) is 33.6 Å². The van der Waals surface area contributed by atoms with Gasteiger partial charge in [-0.05, 0) is 61.2 Å². The van der Waals surface area contributed by atoms with Crippen LogP contribution in [0.25, 0.3) is 0 Å². The Balaban J connectivity index is 1.95. The van der Waals surface area contributed by atoms with Crippen molar-refractivity contribution in [2.24, 2.45) is 35.0 Å². The van der Waals surface area contributed by atoms with Crippen LogP contribution in [-0.2, 0) is 0 Å². The van der Waals surface area contributed by atoms with Crippen LogP contribution >= 0.6 is 0 Å². The van der Waals surface area contributed by atoms with Gasteiger partial charge in [0.25, 0.3) is 0 Å². The molecule has 8 unspecified atom stereocenters. The molecule has 8 atom stereocenters. The average molecular weight is 254 g/mol. The van der Waals surface area contributed by atoms with E-state index in [4.69, 9.17) is 0 Å². The van der Waals surface area contributed by atoms with Gasteiger partial charge >= 0.3 is 0 Å². The second-order valence-electron chi connectivity index (χ2n) is 7.54. The van der Waals surface area contributed by atoms with Crippen molar-refractivity contribution in [1.82, 2.24) is 0 Å². The lowest BCUT2D eigenvalue weighted by Crippen LogP contribution is -2.38. The standard InChI is InChI=1S/C15H26O3/c1-8-11(17)6-10-12(8)13-9(14(13,2)7-16)4-5-15(10,3)18/h8-13,16-18H,4-7H2,1-3H3. The average Bonchev–Trinajstić information content (AvgIpc) is 2.82. The summed E-state index contributed by atoms with van der Waals surface area (Å²) in [4.78, 5) is 0. The fourth-order valence-electron chi connectivity index (χ4n) is 5.27. The Hall–Kier alpha value is -0.120. The highest BCUT2D eigenvalue weighted by Gasteiger charge is 2.69. The number of hydrogen-bond donors (Lipinski definition) is 3. The lowest BCUT2D eigenvalue weighted by atomic mass is 9.74. The third-order valence-electron chi connectivity index (χ3n) is 6.62. The first-order chi connectivity index (χ1) is 8.33. The quantitative estimate of drug-likeness (QED) is 0.663. The van der Waals surface area contributed by atoms with E-state index in [1.54, 1.807) is 0 Å². The second kappa shape index (κ2) is 3.71. The van der Waals surface area contributed by atoms with Crippen LogP contribution < -0.4 is 0 Å². The summed E-state index contributed by atoms with van der Waals surface area (Å²) in [5, 5.41) is 30.5. The third kappa shape index (κ3) is 1.47. The van der Waals surface area contributed by atoms with Gasteiger partial charge in [0.2, 0.25) is 0 Å². The van der Waals surface area contributed by atoms with E-state index >= 15 is 0 Å². The predicted molar refractivity (Wildman–Crippen MR) is 68.8 cm³/mol. The lowest BCUT2D eigenvalue weighted by molar-refractivity contribution is -0.0333. The molecule has 0 radical (unpaired) electrons. The molecule has 0 aliphatic heterocycles. The van der Waals surface area contributed by atoms with E-state index in [1.165, 1.54) is 0 Å². The van der Waals surface area contributed by atoms with E-state index in [0.717, 1.165) is 19.3 Å². The first-order valence-electron chi connectivity index (χ1n) is 7.34. The maximum absolute atomic E-state index is 10.7. The van der Waals surface area contributed by atoms with Crippen molar-refractivity contribution in [2.75, 3.05) is 6.61 Å². The summed E-state index contributed by atoms with van der Waals surface area (Å²) in [5.41, 5.74) is -0.599. The van der Waals surface area contributed by atoms with Gasteiger partial charge in [-0.25, -0.2) is 0 Å². The van der Waals surface area contributed by atoms with Crippen LogP contribution in [0.5, 0.6) is 0 Å². The summed E-state index contributed by atoms with van der Waals surface area (Å²) in [6.45, 7) is 6.48. The van der Waals surface area contributed by atoms with Crippen molar-refractivity contribution < 1.29 is 15.3 Å². The normalized spacial score (nSPS) is 63.0. The van der Waals surface area contributed by atoms with Gasteiger partial charge < -0.3 is 15.3 Å². The highest BCUT2D eigenvalue weighted by Crippen LogP contribution is 2.71. The molecule has 0 spiro atoms. The van der Waals surface area contributed by atoms with Crippen molar-refractivity contribution in [1.29, 1.82) is 0 Å². The summed E-state index contributed by atoms with van der Waals surface area (Å²) in [6.07, 6.45) is 2.27. The number of aliphatic hydroxyl groups is 3. The van der Waals surface area contributed by atoms with Gasteiger partial charge in [0.05, 0.1) is 11.7 Å². The predicted octanol–water partition coefficient (Wildman–Crippen LogP) is 1.41. The Labute approximate surface area is 109 Å². The Morgan fingerprint density at radius 2 is 1.89 bits per heavy atom. The fraction of sp³-hybridized carbons (Fsp3) is 1.00. The Morgan fingerprint density at radius 3 is 2.50 bits per heavy atom. The maximum atomic E-state index is 10.7. The molecule has 3 rings (SSSR count). The van der Waals surface area contributed by atoms with Gasteiger partial charge in [-0.2, -0.15) is 0 Å². The van der Waals surface area contributed by atoms with Gasteiger partial charge in [0.15, 0.2) is 0 Å². The van der Waals surface area contributed by atoms with Gasteiger partial charge in [-0.1, -0.05) is 13.8 Å². The van der Waals surface area contributed by atoms with Crippen molar-refractivity contribution in [3.05, 3.63) is 0 Å². The van der Waals surface area contributed by atoms with Crippen LogP contribution in [0.1, 0.15) is 40.0 Å². The number of fused-ring (bicyclic) bond motifs is 3. The van der Waals surface area contributed by atoms with Gasteiger partial charge in [0.1, 0.15) is 0 Å². The molecule has 3 fully saturated rings. The van der Waals surface area contributed by atoms with E-state index in [1.807, 2.05) is 6.92 Å². The highest BCUT2D eigenvalue weighted by atomic mass is 16.3. The van der Waals surface area contributed by atoms with Crippen LogP contribution in [0, 0.1) is 35.0 Å². The Bertz CT molecular complexity index is 354. The first kappa shape index (κ1) is 12.9. The highest BCUT2D eigenvalue weighted by molar-refractivity contribution is 5.17. The molecule has 3 aliphatic carbocycles. The maximum Gasteiger partial charge on any atom is 0.0651 e. The zero-order chi connectivity index (χ0) is 13.3. The molecule has 18 heavy (non-hydrogen) atoms. The van der Waals surface area contributed by atoms with Gasteiger partial charge in [-0.15, -0.1) is 0 Å². The molecule has 104 valence electrons. The van der Waals surface area contributed by atoms with Gasteiger partial charge in [0, 0.05) is 6.61 Å². The molecule has 0 bridgehead atoms. The van der Waals surface area contributed by atoms with Crippen LogP contribution in [0.3, 0.4) is 0 Å². The molecule has 0 amide bonds. The minimum atomic E-state index is -0.639. The summed E-state index contributed by atoms with van der Waals surface area (Å²) >= 11 is 0. The number of hydrogen-bond acceptors (Lipinski definition) is 3. The molecule has 3 aliphatic rings. The zero-order valence-electron chi connectivity index (χ0n) is 11.6. The van der Waals surface area contributed by atoms with E-state index < -0.39 is 5.60 Å². The molecule has 3 N–H and O–H groups in total. The molecule has 0 aromatic heterocycles. The molecular weight excluding hydrogens is 228 g/mol. The van der Waals surface area contributed by atoms with E-state index in [2.05, 4.69) is 13.8 Å². The number of aliphatic hydroxyl groups excluding tert-OH is 2. The fourth-order valence-corrected chi connectivity index (χ4v) is 5.27. The largest absolute Gasteiger partial charge is 0.396 e. The van der Waals surface area contributed by atoms with E-state index in [9.17, 15) is 15.3 Å². The van der Waals surface area contributed by atoms with Gasteiger partial charge in [-0.3, -0.25) is 0 Å². The smallest absolute Gasteiger partial charge is 0.0651 e. The van der Waals surface area contributed by atoms with E-state index in [-0.39, 0.29) is 30.0 Å². The van der Waals surface area contributed by atoms with Crippen LogP contribution in [0.2, 0.25) is 0 Å². The van der Waals surface area contributed by atoms with Crippen molar-refractivity contribution in [3.8, 4) is 0 Å². The summed E-state index contributed by atoms with van der Waals surface area (Å²) in [7, 11) is 0. The molecule has 3 saturated carbocycles. The third-order valence-corrected chi connectivity index (χ3v) is 6.62. The molecule has 0 aromatic carbocycles. The topological polar surface area (TPSA) is 60.7 Å². The molecule has 3 nitrogen and oxygen atoms in total. The SMILES string of the molecule is CC1C(O)CC2C1C1C(CCC2(C)O)C1(C)CO. The Kier molecular flexibility index (Phi) is 2.66. The molecular formula is C15H26O3. The minimum Gasteiger partial charge on any atom is -0.396 e. The summed E-state index contributed by atoms with van der Waals surface area (Å²) in [5.74, 6) is 1.86. The molecule has 0 aromatic rings. The minimum absolute atomic E-state index is 0.0394. The van der Waals surface area contributed by atoms with E-state index in [0.29, 0.717) is 17.8 Å². The Morgan fingerprint density at radius 1 is 1.22 bits per heavy atom. The molecule has 3 heteroatoms.